The van der Waals surface area contributed by atoms with Crippen molar-refractivity contribution in [2.24, 2.45) is 0 Å². The largest absolute Gasteiger partial charge is 0.284 e. The molecule has 0 N–H and O–H groups in total. The van der Waals surface area contributed by atoms with Gasteiger partial charge in [0.25, 0.3) is 5.56 Å². The molecule has 1 aliphatic carbocycles. The standard InChI is InChI=1S/C17H22N2OS/c1-2-3-12-21-17-18-15-11-7-6-10-14(15)16(20)19(17)13-8-4-5-9-13/h6-7,10-11,13H,2-5,8-9,12H2,1H3. The van der Waals surface area contributed by atoms with Crippen LogP contribution < -0.4 is 5.56 Å². The molecule has 1 saturated carbocycles. The first kappa shape index (κ1) is 14.6. The number of hydrogen-bond acceptors (Lipinski definition) is 3. The number of para-hydroxylation sites is 1. The predicted octanol–water partition coefficient (Wildman–Crippen LogP) is 4.40. The molecule has 0 aliphatic heterocycles. The third kappa shape index (κ3) is 3.00. The SMILES string of the molecule is CCCCSc1nc2ccccc2c(=O)n1C1CCCC1. The van der Waals surface area contributed by atoms with Gasteiger partial charge in [-0.2, -0.15) is 0 Å². The first-order valence-corrected chi connectivity index (χ1v) is 8.94. The zero-order chi connectivity index (χ0) is 14.7. The average molecular weight is 302 g/mol. The van der Waals surface area contributed by atoms with Crippen LogP contribution in [0.4, 0.5) is 0 Å². The molecule has 1 aromatic carbocycles. The number of nitrogens with zero attached hydrogens (tertiary/aromatic N) is 2. The maximum atomic E-state index is 12.9. The highest BCUT2D eigenvalue weighted by molar-refractivity contribution is 7.99. The number of benzene rings is 1. The molecule has 2 aromatic rings. The minimum absolute atomic E-state index is 0.145. The lowest BCUT2D eigenvalue weighted by Crippen LogP contribution is -2.26. The van der Waals surface area contributed by atoms with Crippen LogP contribution in [0.15, 0.2) is 34.2 Å². The van der Waals surface area contributed by atoms with Crippen LogP contribution in [0, 0.1) is 0 Å². The first-order chi connectivity index (χ1) is 10.3. The van der Waals surface area contributed by atoms with Crippen molar-refractivity contribution in [3.05, 3.63) is 34.6 Å². The van der Waals surface area contributed by atoms with Gasteiger partial charge in [-0.3, -0.25) is 9.36 Å². The predicted molar refractivity (Wildman–Crippen MR) is 89.1 cm³/mol. The summed E-state index contributed by atoms with van der Waals surface area (Å²) < 4.78 is 1.98. The summed E-state index contributed by atoms with van der Waals surface area (Å²) in [6.07, 6.45) is 7.01. The van der Waals surface area contributed by atoms with Gasteiger partial charge in [0.05, 0.1) is 10.9 Å². The molecule has 1 heterocycles. The molecule has 0 atom stereocenters. The quantitative estimate of drug-likeness (QED) is 0.466. The van der Waals surface area contributed by atoms with E-state index in [4.69, 9.17) is 4.98 Å². The minimum Gasteiger partial charge on any atom is -0.284 e. The zero-order valence-corrected chi connectivity index (χ0v) is 13.4. The molecule has 3 rings (SSSR count). The van der Waals surface area contributed by atoms with Gasteiger partial charge in [-0.1, -0.05) is 50.1 Å². The van der Waals surface area contributed by atoms with E-state index in [-0.39, 0.29) is 5.56 Å². The maximum absolute atomic E-state index is 12.9. The fourth-order valence-corrected chi connectivity index (χ4v) is 4.17. The Labute approximate surface area is 129 Å². The number of aromatic nitrogens is 2. The molecule has 1 fully saturated rings. The van der Waals surface area contributed by atoms with E-state index in [1.807, 2.05) is 28.8 Å². The number of rotatable bonds is 5. The second-order valence-electron chi connectivity index (χ2n) is 5.73. The van der Waals surface area contributed by atoms with E-state index in [1.54, 1.807) is 11.8 Å². The van der Waals surface area contributed by atoms with Crippen molar-refractivity contribution in [1.29, 1.82) is 0 Å². The summed E-state index contributed by atoms with van der Waals surface area (Å²) in [7, 11) is 0. The van der Waals surface area contributed by atoms with Gasteiger partial charge in [0.1, 0.15) is 0 Å². The van der Waals surface area contributed by atoms with E-state index in [1.165, 1.54) is 19.3 Å². The van der Waals surface area contributed by atoms with Crippen LogP contribution in [0.1, 0.15) is 51.5 Å². The van der Waals surface area contributed by atoms with E-state index >= 15 is 0 Å². The number of thioether (sulfide) groups is 1. The van der Waals surface area contributed by atoms with E-state index in [9.17, 15) is 4.79 Å². The van der Waals surface area contributed by atoms with Gasteiger partial charge in [-0.05, 0) is 31.4 Å². The molecule has 1 aliphatic rings. The summed E-state index contributed by atoms with van der Waals surface area (Å²) in [5.41, 5.74) is 0.974. The van der Waals surface area contributed by atoms with Gasteiger partial charge in [-0.25, -0.2) is 4.98 Å². The molecule has 0 spiro atoms. The van der Waals surface area contributed by atoms with Crippen LogP contribution in [0.3, 0.4) is 0 Å². The van der Waals surface area contributed by atoms with Crippen molar-refractivity contribution in [3.63, 3.8) is 0 Å². The van der Waals surface area contributed by atoms with E-state index in [2.05, 4.69) is 6.92 Å². The molecular formula is C17H22N2OS. The fraction of sp³-hybridized carbons (Fsp3) is 0.529. The van der Waals surface area contributed by atoms with Crippen LogP contribution in [0.5, 0.6) is 0 Å². The van der Waals surface area contributed by atoms with Crippen molar-refractivity contribution < 1.29 is 0 Å². The molecule has 21 heavy (non-hydrogen) atoms. The molecule has 3 nitrogen and oxygen atoms in total. The number of unbranched alkanes of at least 4 members (excludes halogenated alkanes) is 1. The second kappa shape index (κ2) is 6.65. The summed E-state index contributed by atoms with van der Waals surface area (Å²) >= 11 is 1.74. The van der Waals surface area contributed by atoms with Crippen molar-refractivity contribution in [2.75, 3.05) is 5.75 Å². The molecule has 1 aromatic heterocycles. The Morgan fingerprint density at radius 1 is 1.29 bits per heavy atom. The molecule has 0 bridgehead atoms. The smallest absolute Gasteiger partial charge is 0.262 e. The third-order valence-electron chi connectivity index (χ3n) is 4.19. The van der Waals surface area contributed by atoms with Gasteiger partial charge in [0, 0.05) is 11.8 Å². The van der Waals surface area contributed by atoms with Crippen molar-refractivity contribution in [2.45, 2.75) is 56.6 Å². The Kier molecular flexibility index (Phi) is 4.63. The van der Waals surface area contributed by atoms with E-state index in [0.29, 0.717) is 6.04 Å². The van der Waals surface area contributed by atoms with Crippen LogP contribution in [-0.2, 0) is 0 Å². The average Bonchev–Trinajstić information content (AvgIpc) is 3.02. The summed E-state index contributed by atoms with van der Waals surface area (Å²) in [5.74, 6) is 1.04. The Balaban J connectivity index is 2.08. The van der Waals surface area contributed by atoms with Crippen LogP contribution in [-0.4, -0.2) is 15.3 Å². The van der Waals surface area contributed by atoms with Crippen LogP contribution in [0.25, 0.3) is 10.9 Å². The first-order valence-electron chi connectivity index (χ1n) is 7.95. The lowest BCUT2D eigenvalue weighted by atomic mass is 10.2. The number of hydrogen-bond donors (Lipinski definition) is 0. The Hall–Kier alpha value is -1.29. The van der Waals surface area contributed by atoms with Gasteiger partial charge in [-0.15, -0.1) is 0 Å². The monoisotopic (exact) mass is 302 g/mol. The Morgan fingerprint density at radius 3 is 2.81 bits per heavy atom. The van der Waals surface area contributed by atoms with Gasteiger partial charge < -0.3 is 0 Å². The van der Waals surface area contributed by atoms with Crippen molar-refractivity contribution in [3.8, 4) is 0 Å². The van der Waals surface area contributed by atoms with Crippen LogP contribution in [0.2, 0.25) is 0 Å². The molecule has 0 saturated heterocycles. The third-order valence-corrected chi connectivity index (χ3v) is 5.23. The molecule has 0 unspecified atom stereocenters. The lowest BCUT2D eigenvalue weighted by Gasteiger charge is -2.18. The summed E-state index contributed by atoms with van der Waals surface area (Å²) in [6.45, 7) is 2.19. The summed E-state index contributed by atoms with van der Waals surface area (Å²) in [6, 6.07) is 8.07. The molecule has 0 radical (unpaired) electrons. The second-order valence-corrected chi connectivity index (χ2v) is 6.79. The normalized spacial score (nSPS) is 15.9. The lowest BCUT2D eigenvalue weighted by molar-refractivity contribution is 0.457. The van der Waals surface area contributed by atoms with Gasteiger partial charge in [0.2, 0.25) is 0 Å². The summed E-state index contributed by atoms with van der Waals surface area (Å²) in [4.78, 5) is 17.7. The molecular weight excluding hydrogens is 280 g/mol. The minimum atomic E-state index is 0.145. The van der Waals surface area contributed by atoms with E-state index in [0.717, 1.165) is 41.1 Å². The highest BCUT2D eigenvalue weighted by atomic mass is 32.2. The highest BCUT2D eigenvalue weighted by Crippen LogP contribution is 2.32. The number of fused-ring (bicyclic) bond motifs is 1. The molecule has 0 amide bonds. The van der Waals surface area contributed by atoms with E-state index < -0.39 is 0 Å². The Bertz CT molecular complexity index is 674. The fourth-order valence-electron chi connectivity index (χ4n) is 3.02. The van der Waals surface area contributed by atoms with Gasteiger partial charge >= 0.3 is 0 Å². The van der Waals surface area contributed by atoms with Crippen LogP contribution >= 0.6 is 11.8 Å². The maximum Gasteiger partial charge on any atom is 0.262 e. The summed E-state index contributed by atoms with van der Waals surface area (Å²) in [5, 5.41) is 1.67. The van der Waals surface area contributed by atoms with Crippen molar-refractivity contribution in [1.82, 2.24) is 9.55 Å². The molecule has 4 heteroatoms. The highest BCUT2D eigenvalue weighted by Gasteiger charge is 2.22. The van der Waals surface area contributed by atoms with Gasteiger partial charge in [0.15, 0.2) is 5.16 Å². The molecule has 112 valence electrons. The van der Waals surface area contributed by atoms with Crippen molar-refractivity contribution >= 4 is 22.7 Å². The topological polar surface area (TPSA) is 34.9 Å². The Morgan fingerprint density at radius 2 is 2.05 bits per heavy atom. The zero-order valence-electron chi connectivity index (χ0n) is 12.5.